The van der Waals surface area contributed by atoms with Crippen LogP contribution in [0.5, 0.6) is 0 Å². The number of aromatic carboxylic acids is 1. The summed E-state index contributed by atoms with van der Waals surface area (Å²) in [6, 6.07) is 12.7. The third kappa shape index (κ3) is 5.29. The molecular formula is C22H21ClN2O5S2. The Balaban J connectivity index is 1.88. The predicted molar refractivity (Wildman–Crippen MR) is 125 cm³/mol. The van der Waals surface area contributed by atoms with Gasteiger partial charge in [-0.15, -0.1) is 11.3 Å². The fraction of sp³-hybridized carbons (Fsp3) is 0.182. The number of nitrogens with zero attached hydrogens (tertiary/aromatic N) is 1. The van der Waals surface area contributed by atoms with Gasteiger partial charge < -0.3 is 10.4 Å². The third-order valence-corrected chi connectivity index (χ3v) is 7.91. The number of sulfonamides is 1. The number of halogens is 1. The van der Waals surface area contributed by atoms with Gasteiger partial charge in [0.25, 0.3) is 10.0 Å². The maximum Gasteiger partial charge on any atom is 0.345 e. The van der Waals surface area contributed by atoms with E-state index < -0.39 is 28.4 Å². The number of carboxylic acids is 1. The smallest absolute Gasteiger partial charge is 0.345 e. The van der Waals surface area contributed by atoms with Crippen molar-refractivity contribution in [1.29, 1.82) is 0 Å². The standard InChI is InChI=1S/C22H21ClN2O5S2/c1-14-6-8-17(9-7-14)32(29,30)25(19-5-3-4-18(23)15(19)2)12-21(26)24-11-16-10-20(22(27)28)31-13-16/h3-10,13H,11-12H2,1-2H3,(H,24,26)(H,27,28). The van der Waals surface area contributed by atoms with Crippen LogP contribution in [0, 0.1) is 13.8 Å². The molecule has 0 fully saturated rings. The van der Waals surface area contributed by atoms with E-state index in [0.29, 0.717) is 21.8 Å². The Morgan fingerprint density at radius 2 is 1.81 bits per heavy atom. The monoisotopic (exact) mass is 492 g/mol. The summed E-state index contributed by atoms with van der Waals surface area (Å²) in [5.41, 5.74) is 2.36. The Labute approximate surface area is 195 Å². The van der Waals surface area contributed by atoms with E-state index in [1.54, 1.807) is 42.6 Å². The van der Waals surface area contributed by atoms with E-state index in [-0.39, 0.29) is 16.3 Å². The second-order valence-corrected chi connectivity index (χ2v) is 10.3. The van der Waals surface area contributed by atoms with Crippen LogP contribution in [-0.2, 0) is 21.4 Å². The van der Waals surface area contributed by atoms with E-state index in [4.69, 9.17) is 16.7 Å². The molecule has 7 nitrogen and oxygen atoms in total. The van der Waals surface area contributed by atoms with E-state index >= 15 is 0 Å². The molecule has 1 aromatic heterocycles. The molecule has 3 rings (SSSR count). The van der Waals surface area contributed by atoms with Crippen LogP contribution in [0.3, 0.4) is 0 Å². The summed E-state index contributed by atoms with van der Waals surface area (Å²) in [6.45, 7) is 3.15. The number of rotatable bonds is 8. The van der Waals surface area contributed by atoms with Crippen molar-refractivity contribution in [1.82, 2.24) is 5.32 Å². The van der Waals surface area contributed by atoms with Gasteiger partial charge in [0.2, 0.25) is 5.91 Å². The van der Waals surface area contributed by atoms with Crippen molar-refractivity contribution in [2.24, 2.45) is 0 Å². The first kappa shape index (κ1) is 23.8. The molecule has 0 spiro atoms. The van der Waals surface area contributed by atoms with Crippen LogP contribution in [0.15, 0.2) is 58.8 Å². The van der Waals surface area contributed by atoms with Crippen LogP contribution in [0.4, 0.5) is 5.69 Å². The van der Waals surface area contributed by atoms with E-state index in [1.165, 1.54) is 18.2 Å². The first-order valence-corrected chi connectivity index (χ1v) is 12.2. The van der Waals surface area contributed by atoms with Gasteiger partial charge >= 0.3 is 5.97 Å². The average Bonchev–Trinajstić information content (AvgIpc) is 3.22. The van der Waals surface area contributed by atoms with Gasteiger partial charge in [-0.3, -0.25) is 9.10 Å². The molecule has 0 radical (unpaired) electrons. The summed E-state index contributed by atoms with van der Waals surface area (Å²) in [5, 5.41) is 13.7. The van der Waals surface area contributed by atoms with Crippen LogP contribution < -0.4 is 9.62 Å². The number of hydrogen-bond donors (Lipinski definition) is 2. The lowest BCUT2D eigenvalue weighted by Gasteiger charge is -2.26. The van der Waals surface area contributed by atoms with Gasteiger partial charge in [0.05, 0.1) is 10.6 Å². The number of benzene rings is 2. The largest absolute Gasteiger partial charge is 0.477 e. The van der Waals surface area contributed by atoms with Crippen LogP contribution in [0.1, 0.15) is 26.4 Å². The molecule has 0 atom stereocenters. The average molecular weight is 493 g/mol. The first-order valence-electron chi connectivity index (χ1n) is 9.51. The van der Waals surface area contributed by atoms with Crippen LogP contribution >= 0.6 is 22.9 Å². The second kappa shape index (κ2) is 9.72. The Kier molecular flexibility index (Phi) is 7.22. The fourth-order valence-corrected chi connectivity index (χ4v) is 5.37. The zero-order valence-corrected chi connectivity index (χ0v) is 19.7. The van der Waals surface area contributed by atoms with Crippen molar-refractivity contribution < 1.29 is 23.1 Å². The highest BCUT2D eigenvalue weighted by Gasteiger charge is 2.28. The molecule has 2 N–H and O–H groups in total. The Bertz CT molecular complexity index is 1250. The molecular weight excluding hydrogens is 472 g/mol. The second-order valence-electron chi connectivity index (χ2n) is 7.11. The fourth-order valence-electron chi connectivity index (χ4n) is 2.97. The third-order valence-electron chi connectivity index (χ3n) is 4.76. The summed E-state index contributed by atoms with van der Waals surface area (Å²) in [6.07, 6.45) is 0. The molecule has 0 saturated heterocycles. The molecule has 32 heavy (non-hydrogen) atoms. The number of carbonyl (C=O) groups is 2. The maximum atomic E-state index is 13.4. The molecule has 0 unspecified atom stereocenters. The number of nitrogens with one attached hydrogen (secondary N) is 1. The zero-order valence-electron chi connectivity index (χ0n) is 17.3. The Hall–Kier alpha value is -2.88. The minimum Gasteiger partial charge on any atom is -0.477 e. The lowest BCUT2D eigenvalue weighted by atomic mass is 10.2. The Morgan fingerprint density at radius 1 is 1.12 bits per heavy atom. The molecule has 1 heterocycles. The molecule has 0 aliphatic carbocycles. The van der Waals surface area contributed by atoms with Crippen molar-refractivity contribution >= 4 is 50.5 Å². The van der Waals surface area contributed by atoms with Crippen molar-refractivity contribution in [3.63, 3.8) is 0 Å². The number of hydrogen-bond acceptors (Lipinski definition) is 5. The summed E-state index contributed by atoms with van der Waals surface area (Å²) in [5.74, 6) is -1.58. The summed E-state index contributed by atoms with van der Waals surface area (Å²) >= 11 is 7.27. The Morgan fingerprint density at radius 3 is 2.44 bits per heavy atom. The molecule has 0 saturated carbocycles. The summed E-state index contributed by atoms with van der Waals surface area (Å²) < 4.78 is 27.9. The minimum absolute atomic E-state index is 0.0548. The highest BCUT2D eigenvalue weighted by atomic mass is 35.5. The lowest BCUT2D eigenvalue weighted by molar-refractivity contribution is -0.119. The normalized spacial score (nSPS) is 11.2. The van der Waals surface area contributed by atoms with Crippen LogP contribution in [-0.4, -0.2) is 31.9 Å². The van der Waals surface area contributed by atoms with Crippen molar-refractivity contribution in [3.8, 4) is 0 Å². The minimum atomic E-state index is -4.06. The number of carboxylic acid groups (broad SMARTS) is 1. The highest BCUT2D eigenvalue weighted by molar-refractivity contribution is 7.92. The van der Waals surface area contributed by atoms with E-state index in [2.05, 4.69) is 5.32 Å². The quantitative estimate of drug-likeness (QED) is 0.489. The lowest BCUT2D eigenvalue weighted by Crippen LogP contribution is -2.41. The van der Waals surface area contributed by atoms with Gasteiger partial charge in [-0.05, 0) is 60.7 Å². The summed E-state index contributed by atoms with van der Waals surface area (Å²) in [7, 11) is -4.06. The van der Waals surface area contributed by atoms with Crippen LogP contribution in [0.2, 0.25) is 5.02 Å². The van der Waals surface area contributed by atoms with Crippen molar-refractivity contribution in [3.05, 3.63) is 80.5 Å². The molecule has 2 aromatic carbocycles. The number of anilines is 1. The number of thiophene rings is 1. The van der Waals surface area contributed by atoms with Gasteiger partial charge in [0.1, 0.15) is 11.4 Å². The SMILES string of the molecule is Cc1ccc(S(=O)(=O)N(CC(=O)NCc2csc(C(=O)O)c2)c2cccc(Cl)c2C)cc1. The number of amides is 1. The topological polar surface area (TPSA) is 104 Å². The van der Waals surface area contributed by atoms with E-state index in [1.807, 2.05) is 6.92 Å². The molecule has 0 aliphatic rings. The highest BCUT2D eigenvalue weighted by Crippen LogP contribution is 2.30. The van der Waals surface area contributed by atoms with Crippen molar-refractivity contribution in [2.75, 3.05) is 10.8 Å². The molecule has 3 aromatic rings. The van der Waals surface area contributed by atoms with Gasteiger partial charge in [-0.25, -0.2) is 13.2 Å². The van der Waals surface area contributed by atoms with Gasteiger partial charge in [-0.2, -0.15) is 0 Å². The molecule has 168 valence electrons. The number of carbonyl (C=O) groups excluding carboxylic acids is 1. The van der Waals surface area contributed by atoms with E-state index in [0.717, 1.165) is 21.2 Å². The van der Waals surface area contributed by atoms with Gasteiger partial charge in [0.15, 0.2) is 0 Å². The zero-order chi connectivity index (χ0) is 23.5. The van der Waals surface area contributed by atoms with Gasteiger partial charge in [0, 0.05) is 11.6 Å². The number of aryl methyl sites for hydroxylation is 1. The predicted octanol–water partition coefficient (Wildman–Crippen LogP) is 4.23. The first-order chi connectivity index (χ1) is 15.1. The molecule has 1 amide bonds. The van der Waals surface area contributed by atoms with Crippen LogP contribution in [0.25, 0.3) is 0 Å². The van der Waals surface area contributed by atoms with Gasteiger partial charge in [-0.1, -0.05) is 35.4 Å². The molecule has 0 bridgehead atoms. The summed E-state index contributed by atoms with van der Waals surface area (Å²) in [4.78, 5) is 23.9. The molecule has 0 aliphatic heterocycles. The maximum absolute atomic E-state index is 13.4. The molecule has 10 heteroatoms. The van der Waals surface area contributed by atoms with Crippen molar-refractivity contribution in [2.45, 2.75) is 25.3 Å². The van der Waals surface area contributed by atoms with E-state index in [9.17, 15) is 18.0 Å².